The first-order chi connectivity index (χ1) is 13.7. The molecule has 4 rings (SSSR count). The molecule has 1 aliphatic heterocycles. The van der Waals surface area contributed by atoms with Crippen LogP contribution in [0, 0.1) is 5.92 Å². The van der Waals surface area contributed by atoms with E-state index >= 15 is 0 Å². The zero-order valence-electron chi connectivity index (χ0n) is 14.9. The van der Waals surface area contributed by atoms with Crippen LogP contribution >= 0.6 is 23.2 Å². The average molecular weight is 438 g/mol. The lowest BCUT2D eigenvalue weighted by Crippen LogP contribution is -2.49. The molecule has 2 heterocycles. The van der Waals surface area contributed by atoms with Crippen molar-refractivity contribution in [2.24, 2.45) is 5.92 Å². The van der Waals surface area contributed by atoms with Gasteiger partial charge in [0.05, 0.1) is 33.4 Å². The summed E-state index contributed by atoms with van der Waals surface area (Å²) in [5, 5.41) is 10.6. The molecule has 1 atom stereocenters. The second-order valence-electron chi connectivity index (χ2n) is 7.00. The quantitative estimate of drug-likeness (QED) is 0.613. The number of nitrogens with zero attached hydrogens (tertiary/aromatic N) is 3. The zero-order chi connectivity index (χ0) is 20.8. The topological polar surface area (TPSA) is 66.3 Å². The number of halogens is 4. The predicted octanol–water partition coefficient (Wildman–Crippen LogP) is 5.15. The van der Waals surface area contributed by atoms with Gasteiger partial charge in [0.1, 0.15) is 12.1 Å². The lowest BCUT2D eigenvalue weighted by molar-refractivity contribution is -0.146. The van der Waals surface area contributed by atoms with Crippen molar-refractivity contribution >= 4 is 45.9 Å². The number of benzene rings is 2. The lowest BCUT2D eigenvalue weighted by atomic mass is 9.94. The summed E-state index contributed by atoms with van der Waals surface area (Å²) in [5.74, 6) is -5.32. The van der Waals surface area contributed by atoms with Crippen LogP contribution < -0.4 is 4.90 Å². The zero-order valence-corrected chi connectivity index (χ0v) is 16.5. The Balaban J connectivity index is 1.89. The van der Waals surface area contributed by atoms with Crippen LogP contribution in [-0.4, -0.2) is 40.1 Å². The van der Waals surface area contributed by atoms with Crippen molar-refractivity contribution in [2.75, 3.05) is 18.0 Å². The number of carboxylic acid groups (broad SMARTS) is 1. The van der Waals surface area contributed by atoms with Crippen molar-refractivity contribution < 1.29 is 18.7 Å². The molecule has 0 bridgehead atoms. The third-order valence-electron chi connectivity index (χ3n) is 4.93. The third kappa shape index (κ3) is 3.84. The number of carboxylic acids is 1. The third-order valence-corrected chi connectivity index (χ3v) is 5.67. The van der Waals surface area contributed by atoms with Crippen molar-refractivity contribution in [3.63, 3.8) is 0 Å². The van der Waals surface area contributed by atoms with Gasteiger partial charge in [0.15, 0.2) is 0 Å². The van der Waals surface area contributed by atoms with E-state index in [1.165, 1.54) is 11.2 Å². The summed E-state index contributed by atoms with van der Waals surface area (Å²) in [4.78, 5) is 21.2. The summed E-state index contributed by atoms with van der Waals surface area (Å²) in [6.45, 7) is -0.675. The summed E-state index contributed by atoms with van der Waals surface area (Å²) in [6.07, 6.45) is 0.598. The monoisotopic (exact) mass is 437 g/mol. The van der Waals surface area contributed by atoms with E-state index in [-0.39, 0.29) is 12.4 Å². The fourth-order valence-corrected chi connectivity index (χ4v) is 3.96. The van der Waals surface area contributed by atoms with Crippen LogP contribution in [0.2, 0.25) is 10.0 Å². The standard InChI is InChI=1S/C20H15Cl2F2N3O2/c21-14-5-4-11(6-15(14)22)13-2-1-3-16-17(13)18(26-10-25-16)27-8-12(19(28)29)7-20(23,24)9-27/h1-6,10,12H,7-9H2,(H,28,29). The van der Waals surface area contributed by atoms with Gasteiger partial charge in [-0.05, 0) is 29.3 Å². The van der Waals surface area contributed by atoms with Crippen molar-refractivity contribution in [1.82, 2.24) is 9.97 Å². The molecule has 1 fully saturated rings. The van der Waals surface area contributed by atoms with Crippen molar-refractivity contribution in [1.29, 1.82) is 0 Å². The molecule has 3 aromatic rings. The number of hydrogen-bond donors (Lipinski definition) is 1. The second kappa shape index (κ2) is 7.39. The summed E-state index contributed by atoms with van der Waals surface area (Å²) in [5.41, 5.74) is 1.97. The maximum Gasteiger partial charge on any atom is 0.308 e. The van der Waals surface area contributed by atoms with Gasteiger partial charge >= 0.3 is 5.97 Å². The van der Waals surface area contributed by atoms with E-state index in [1.807, 2.05) is 6.07 Å². The minimum Gasteiger partial charge on any atom is -0.481 e. The van der Waals surface area contributed by atoms with Gasteiger partial charge in [-0.15, -0.1) is 0 Å². The Hall–Kier alpha value is -2.51. The SMILES string of the molecule is O=C(O)C1CN(c2ncnc3cccc(-c4ccc(Cl)c(Cl)c4)c23)CC(F)(F)C1. The average Bonchev–Trinajstić information content (AvgIpc) is 2.68. The van der Waals surface area contributed by atoms with Gasteiger partial charge < -0.3 is 10.0 Å². The fraction of sp³-hybridized carbons (Fsp3) is 0.250. The lowest BCUT2D eigenvalue weighted by Gasteiger charge is -2.37. The van der Waals surface area contributed by atoms with E-state index in [0.717, 1.165) is 5.56 Å². The summed E-state index contributed by atoms with van der Waals surface area (Å²) in [7, 11) is 0. The Morgan fingerprint density at radius 1 is 1.17 bits per heavy atom. The molecule has 0 spiro atoms. The number of aliphatic carboxylic acids is 1. The Morgan fingerprint density at radius 2 is 1.97 bits per heavy atom. The molecule has 1 N–H and O–H groups in total. The van der Waals surface area contributed by atoms with Gasteiger partial charge in [0, 0.05) is 13.0 Å². The summed E-state index contributed by atoms with van der Waals surface area (Å²) in [6, 6.07) is 10.5. The highest BCUT2D eigenvalue weighted by Gasteiger charge is 2.44. The van der Waals surface area contributed by atoms with Crippen LogP contribution in [0.1, 0.15) is 6.42 Å². The highest BCUT2D eigenvalue weighted by atomic mass is 35.5. The number of alkyl halides is 2. The van der Waals surface area contributed by atoms with Gasteiger partial charge in [-0.1, -0.05) is 41.4 Å². The molecule has 1 aliphatic rings. The molecule has 1 saturated heterocycles. The molecule has 1 unspecified atom stereocenters. The number of anilines is 1. The number of fused-ring (bicyclic) bond motifs is 1. The number of rotatable bonds is 3. The number of piperidine rings is 1. The second-order valence-corrected chi connectivity index (χ2v) is 7.82. The van der Waals surface area contributed by atoms with Gasteiger partial charge in [0.25, 0.3) is 5.92 Å². The summed E-state index contributed by atoms with van der Waals surface area (Å²) < 4.78 is 28.6. The van der Waals surface area contributed by atoms with Gasteiger partial charge in [-0.2, -0.15) is 0 Å². The smallest absolute Gasteiger partial charge is 0.308 e. The highest BCUT2D eigenvalue weighted by molar-refractivity contribution is 6.42. The van der Waals surface area contributed by atoms with Crippen LogP contribution in [0.25, 0.3) is 22.0 Å². The normalized spacial score (nSPS) is 18.8. The molecular formula is C20H15Cl2F2N3O2. The van der Waals surface area contributed by atoms with E-state index in [4.69, 9.17) is 23.2 Å². The van der Waals surface area contributed by atoms with Gasteiger partial charge in [0.2, 0.25) is 0 Å². The van der Waals surface area contributed by atoms with E-state index in [0.29, 0.717) is 26.5 Å². The molecular weight excluding hydrogens is 423 g/mol. The van der Waals surface area contributed by atoms with E-state index in [2.05, 4.69) is 9.97 Å². The molecule has 0 amide bonds. The Kier molecular flexibility index (Phi) is 5.04. The Labute approximate surface area is 174 Å². The molecule has 0 aliphatic carbocycles. The predicted molar refractivity (Wildman–Crippen MR) is 108 cm³/mol. The summed E-state index contributed by atoms with van der Waals surface area (Å²) >= 11 is 12.2. The van der Waals surface area contributed by atoms with E-state index in [9.17, 15) is 18.7 Å². The number of aromatic nitrogens is 2. The first kappa shape index (κ1) is 19.8. The fourth-order valence-electron chi connectivity index (χ4n) is 3.66. The molecule has 2 aromatic carbocycles. The maximum absolute atomic E-state index is 14.3. The highest BCUT2D eigenvalue weighted by Crippen LogP contribution is 2.39. The first-order valence-electron chi connectivity index (χ1n) is 8.80. The van der Waals surface area contributed by atoms with Crippen LogP contribution in [0.15, 0.2) is 42.7 Å². The Morgan fingerprint density at radius 3 is 2.69 bits per heavy atom. The van der Waals surface area contributed by atoms with E-state index < -0.39 is 30.8 Å². The largest absolute Gasteiger partial charge is 0.481 e. The minimum atomic E-state index is -3.14. The molecule has 9 heteroatoms. The Bertz CT molecular complexity index is 1110. The van der Waals surface area contributed by atoms with E-state index in [1.54, 1.807) is 30.3 Å². The molecule has 150 valence electrons. The first-order valence-corrected chi connectivity index (χ1v) is 9.55. The van der Waals surface area contributed by atoms with Crippen molar-refractivity contribution in [2.45, 2.75) is 12.3 Å². The number of carbonyl (C=O) groups is 1. The number of hydrogen-bond acceptors (Lipinski definition) is 4. The minimum absolute atomic E-state index is 0.0628. The van der Waals surface area contributed by atoms with Crippen LogP contribution in [0.4, 0.5) is 14.6 Å². The van der Waals surface area contributed by atoms with Gasteiger partial charge in [-0.25, -0.2) is 18.7 Å². The molecule has 1 aromatic heterocycles. The van der Waals surface area contributed by atoms with Crippen LogP contribution in [0.5, 0.6) is 0 Å². The van der Waals surface area contributed by atoms with Crippen LogP contribution in [0.3, 0.4) is 0 Å². The maximum atomic E-state index is 14.3. The van der Waals surface area contributed by atoms with Crippen molar-refractivity contribution in [3.05, 3.63) is 52.8 Å². The molecule has 29 heavy (non-hydrogen) atoms. The van der Waals surface area contributed by atoms with Crippen LogP contribution in [-0.2, 0) is 4.79 Å². The molecule has 5 nitrogen and oxygen atoms in total. The van der Waals surface area contributed by atoms with Crippen molar-refractivity contribution in [3.8, 4) is 11.1 Å². The molecule has 0 radical (unpaired) electrons. The molecule has 0 saturated carbocycles. The van der Waals surface area contributed by atoms with Gasteiger partial charge in [-0.3, -0.25) is 4.79 Å².